The van der Waals surface area contributed by atoms with Crippen molar-refractivity contribution in [2.75, 3.05) is 24.2 Å². The number of hydrogen-bond donors (Lipinski definition) is 3. The molecule has 9 heteroatoms. The summed E-state index contributed by atoms with van der Waals surface area (Å²) in [5, 5.41) is 15.6. The number of nitrogens with zero attached hydrogens (tertiary/aromatic N) is 2. The van der Waals surface area contributed by atoms with Crippen LogP contribution in [0.1, 0.15) is 26.0 Å². The van der Waals surface area contributed by atoms with E-state index >= 15 is 0 Å². The maximum absolute atomic E-state index is 12.2. The number of rotatable bonds is 11. The minimum absolute atomic E-state index is 0.0543. The molecule has 1 aromatic carbocycles. The van der Waals surface area contributed by atoms with E-state index < -0.39 is 0 Å². The van der Waals surface area contributed by atoms with Crippen molar-refractivity contribution in [3.05, 3.63) is 36.2 Å². The summed E-state index contributed by atoms with van der Waals surface area (Å²) < 4.78 is 7.00. The van der Waals surface area contributed by atoms with Gasteiger partial charge < -0.3 is 25.0 Å². The van der Waals surface area contributed by atoms with Crippen molar-refractivity contribution in [1.82, 2.24) is 14.9 Å². The standard InChI is InChI=1S/C19H26N4O4S/c1-3-9-20-17(25)11-23-15(12-24)10-21-19(23)28-13-18(26)22-14-5-7-16(8-6-14)27-4-2/h5-8,10,24H,3-4,9,11-13H2,1-2H3,(H,20,25)(H,22,26). The van der Waals surface area contributed by atoms with Crippen molar-refractivity contribution < 1.29 is 19.4 Å². The predicted molar refractivity (Wildman–Crippen MR) is 108 cm³/mol. The number of ether oxygens (including phenoxy) is 1. The van der Waals surface area contributed by atoms with E-state index in [1.54, 1.807) is 28.8 Å². The summed E-state index contributed by atoms with van der Waals surface area (Å²) in [7, 11) is 0. The molecule has 2 amide bonds. The third kappa shape index (κ3) is 6.58. The lowest BCUT2D eigenvalue weighted by Gasteiger charge is -2.11. The van der Waals surface area contributed by atoms with Gasteiger partial charge in [-0.25, -0.2) is 4.98 Å². The van der Waals surface area contributed by atoms with Crippen molar-refractivity contribution in [2.45, 2.75) is 38.6 Å². The summed E-state index contributed by atoms with van der Waals surface area (Å²) in [6, 6.07) is 7.13. The van der Waals surface area contributed by atoms with E-state index in [0.717, 1.165) is 12.2 Å². The third-order valence-electron chi connectivity index (χ3n) is 3.72. The first kappa shape index (κ1) is 21.8. The first-order chi connectivity index (χ1) is 13.6. The lowest BCUT2D eigenvalue weighted by Crippen LogP contribution is -2.29. The fourth-order valence-corrected chi connectivity index (χ4v) is 3.19. The second-order valence-corrected chi connectivity index (χ2v) is 6.86. The molecule has 0 radical (unpaired) electrons. The lowest BCUT2D eigenvalue weighted by molar-refractivity contribution is -0.121. The maximum Gasteiger partial charge on any atom is 0.240 e. The topological polar surface area (TPSA) is 105 Å². The number of anilines is 1. The van der Waals surface area contributed by atoms with E-state index in [0.29, 0.717) is 29.7 Å². The molecule has 2 rings (SSSR count). The summed E-state index contributed by atoms with van der Waals surface area (Å²) in [4.78, 5) is 28.4. The zero-order chi connectivity index (χ0) is 20.4. The van der Waals surface area contributed by atoms with Gasteiger partial charge in [0.1, 0.15) is 12.3 Å². The SMILES string of the molecule is CCCNC(=O)Cn1c(CO)cnc1SCC(=O)Nc1ccc(OCC)cc1. The fourth-order valence-electron chi connectivity index (χ4n) is 2.39. The Morgan fingerprint density at radius 2 is 1.96 bits per heavy atom. The Labute approximate surface area is 168 Å². The van der Waals surface area contributed by atoms with Crippen LogP contribution in [0.25, 0.3) is 0 Å². The Kier molecular flexibility index (Phi) is 8.83. The smallest absolute Gasteiger partial charge is 0.240 e. The highest BCUT2D eigenvalue weighted by atomic mass is 32.2. The highest BCUT2D eigenvalue weighted by Crippen LogP contribution is 2.20. The summed E-state index contributed by atoms with van der Waals surface area (Å²) in [6.07, 6.45) is 2.36. The molecule has 0 fully saturated rings. The van der Waals surface area contributed by atoms with Gasteiger partial charge in [-0.05, 0) is 37.6 Å². The van der Waals surface area contributed by atoms with E-state index in [4.69, 9.17) is 4.74 Å². The second kappa shape index (κ2) is 11.4. The number of aliphatic hydroxyl groups excluding tert-OH is 1. The molecule has 0 aliphatic carbocycles. The number of imidazole rings is 1. The zero-order valence-corrected chi connectivity index (χ0v) is 16.9. The molecule has 0 aliphatic rings. The number of thioether (sulfide) groups is 1. The molecule has 0 spiro atoms. The molecule has 2 aromatic rings. The van der Waals surface area contributed by atoms with Gasteiger partial charge in [-0.2, -0.15) is 0 Å². The molecule has 0 unspecified atom stereocenters. The lowest BCUT2D eigenvalue weighted by atomic mass is 10.3. The molecular formula is C19H26N4O4S. The number of nitrogens with one attached hydrogen (secondary N) is 2. The Balaban J connectivity index is 1.93. The van der Waals surface area contributed by atoms with E-state index in [2.05, 4.69) is 15.6 Å². The minimum atomic E-state index is -0.229. The molecule has 0 aliphatic heterocycles. The Hall–Kier alpha value is -2.52. The van der Waals surface area contributed by atoms with Crippen LogP contribution >= 0.6 is 11.8 Å². The van der Waals surface area contributed by atoms with Crippen LogP contribution in [0.5, 0.6) is 5.75 Å². The maximum atomic E-state index is 12.2. The quantitative estimate of drug-likeness (QED) is 0.493. The third-order valence-corrected chi connectivity index (χ3v) is 4.71. The minimum Gasteiger partial charge on any atom is -0.494 e. The Bertz CT molecular complexity index is 777. The van der Waals surface area contributed by atoms with Crippen LogP contribution in [0.3, 0.4) is 0 Å². The summed E-state index contributed by atoms with van der Waals surface area (Å²) in [6.45, 7) is 4.88. The summed E-state index contributed by atoms with van der Waals surface area (Å²) >= 11 is 1.21. The van der Waals surface area contributed by atoms with Crippen LogP contribution in [0, 0.1) is 0 Å². The molecule has 1 aromatic heterocycles. The van der Waals surface area contributed by atoms with Crippen LogP contribution in [0.15, 0.2) is 35.6 Å². The van der Waals surface area contributed by atoms with Gasteiger partial charge in [0.25, 0.3) is 0 Å². The normalized spacial score (nSPS) is 10.5. The van der Waals surface area contributed by atoms with Crippen LogP contribution in [0.2, 0.25) is 0 Å². The molecule has 152 valence electrons. The predicted octanol–water partition coefficient (Wildman–Crippen LogP) is 2.03. The fraction of sp³-hybridized carbons (Fsp3) is 0.421. The molecule has 0 atom stereocenters. The van der Waals surface area contributed by atoms with Gasteiger partial charge in [0.2, 0.25) is 11.8 Å². The van der Waals surface area contributed by atoms with Gasteiger partial charge in [0.05, 0.1) is 30.9 Å². The van der Waals surface area contributed by atoms with E-state index in [1.165, 1.54) is 18.0 Å². The number of benzene rings is 1. The van der Waals surface area contributed by atoms with Gasteiger partial charge >= 0.3 is 0 Å². The monoisotopic (exact) mass is 406 g/mol. The van der Waals surface area contributed by atoms with Gasteiger partial charge in [-0.3, -0.25) is 9.59 Å². The average Bonchev–Trinajstić information content (AvgIpc) is 3.08. The van der Waals surface area contributed by atoms with Crippen LogP contribution in [-0.4, -0.2) is 45.4 Å². The van der Waals surface area contributed by atoms with Crippen LogP contribution in [0.4, 0.5) is 5.69 Å². The Morgan fingerprint density at radius 1 is 1.21 bits per heavy atom. The van der Waals surface area contributed by atoms with Gasteiger partial charge in [0, 0.05) is 12.2 Å². The first-order valence-electron chi connectivity index (χ1n) is 9.14. The number of carbonyl (C=O) groups excluding carboxylic acids is 2. The number of hydrogen-bond acceptors (Lipinski definition) is 6. The van der Waals surface area contributed by atoms with E-state index in [1.807, 2.05) is 13.8 Å². The van der Waals surface area contributed by atoms with E-state index in [9.17, 15) is 14.7 Å². The Morgan fingerprint density at radius 3 is 2.61 bits per heavy atom. The number of amides is 2. The van der Waals surface area contributed by atoms with Crippen molar-refractivity contribution in [2.24, 2.45) is 0 Å². The number of aliphatic hydroxyl groups is 1. The highest BCUT2D eigenvalue weighted by Gasteiger charge is 2.15. The molecule has 3 N–H and O–H groups in total. The van der Waals surface area contributed by atoms with Gasteiger partial charge in [-0.15, -0.1) is 0 Å². The molecule has 28 heavy (non-hydrogen) atoms. The van der Waals surface area contributed by atoms with Gasteiger partial charge in [-0.1, -0.05) is 18.7 Å². The molecule has 8 nitrogen and oxygen atoms in total. The number of aromatic nitrogens is 2. The molecule has 0 bridgehead atoms. The molecular weight excluding hydrogens is 380 g/mol. The van der Waals surface area contributed by atoms with Crippen molar-refractivity contribution in [3.63, 3.8) is 0 Å². The van der Waals surface area contributed by atoms with Crippen LogP contribution in [-0.2, 0) is 22.7 Å². The first-order valence-corrected chi connectivity index (χ1v) is 10.1. The largest absolute Gasteiger partial charge is 0.494 e. The van der Waals surface area contributed by atoms with Gasteiger partial charge in [0.15, 0.2) is 5.16 Å². The number of carbonyl (C=O) groups is 2. The summed E-state index contributed by atoms with van der Waals surface area (Å²) in [5.74, 6) is 0.529. The van der Waals surface area contributed by atoms with Crippen molar-refractivity contribution in [1.29, 1.82) is 0 Å². The average molecular weight is 407 g/mol. The second-order valence-electron chi connectivity index (χ2n) is 5.92. The van der Waals surface area contributed by atoms with Crippen molar-refractivity contribution >= 4 is 29.3 Å². The summed E-state index contributed by atoms with van der Waals surface area (Å²) in [5.41, 5.74) is 1.20. The molecule has 1 heterocycles. The van der Waals surface area contributed by atoms with Crippen LogP contribution < -0.4 is 15.4 Å². The molecule has 0 saturated heterocycles. The van der Waals surface area contributed by atoms with E-state index in [-0.39, 0.29) is 30.7 Å². The zero-order valence-electron chi connectivity index (χ0n) is 16.1. The van der Waals surface area contributed by atoms with Crippen molar-refractivity contribution in [3.8, 4) is 5.75 Å². The molecule has 0 saturated carbocycles. The highest BCUT2D eigenvalue weighted by molar-refractivity contribution is 7.99.